The van der Waals surface area contributed by atoms with E-state index in [-0.39, 0.29) is 30.2 Å². The molecule has 31 heavy (non-hydrogen) atoms. The zero-order valence-corrected chi connectivity index (χ0v) is 16.2. The third kappa shape index (κ3) is 5.90. The van der Waals surface area contributed by atoms with E-state index in [4.69, 9.17) is 0 Å². The van der Waals surface area contributed by atoms with E-state index in [9.17, 15) is 29.9 Å². The van der Waals surface area contributed by atoms with Crippen LogP contribution in [0.5, 0.6) is 0 Å². The van der Waals surface area contributed by atoms with E-state index in [2.05, 4.69) is 9.97 Å². The van der Waals surface area contributed by atoms with Gasteiger partial charge in [0.15, 0.2) is 0 Å². The van der Waals surface area contributed by atoms with Crippen molar-refractivity contribution in [2.45, 2.75) is 19.6 Å². The van der Waals surface area contributed by atoms with Crippen LogP contribution in [0.3, 0.4) is 0 Å². The smallest absolute Gasteiger partial charge is 0.354 e. The van der Waals surface area contributed by atoms with Crippen LogP contribution >= 0.6 is 0 Å². The summed E-state index contributed by atoms with van der Waals surface area (Å²) in [6, 6.07) is 15.4. The minimum Gasteiger partial charge on any atom is -0.477 e. The van der Waals surface area contributed by atoms with Crippen molar-refractivity contribution in [2.75, 3.05) is 0 Å². The second kappa shape index (κ2) is 9.55. The van der Waals surface area contributed by atoms with Gasteiger partial charge in [-0.15, -0.1) is 0 Å². The van der Waals surface area contributed by atoms with E-state index in [1.54, 1.807) is 36.4 Å². The maximum Gasteiger partial charge on any atom is 0.354 e. The summed E-state index contributed by atoms with van der Waals surface area (Å²) in [6.45, 7) is 0.879. The van der Waals surface area contributed by atoms with Crippen LogP contribution in [0.2, 0.25) is 0 Å². The lowest BCUT2D eigenvalue weighted by atomic mass is 10.1. The number of aromatic nitrogens is 2. The van der Waals surface area contributed by atoms with Crippen molar-refractivity contribution in [1.82, 2.24) is 14.9 Å². The van der Waals surface area contributed by atoms with Gasteiger partial charge in [0, 0.05) is 31.8 Å². The number of hydrogen-bond acceptors (Lipinski definition) is 7. The number of pyridine rings is 2. The second-order valence-electron chi connectivity index (χ2n) is 6.71. The highest BCUT2D eigenvalue weighted by atomic mass is 16.6. The summed E-state index contributed by atoms with van der Waals surface area (Å²) < 4.78 is 0. The molecular weight excluding hydrogens is 404 g/mol. The van der Waals surface area contributed by atoms with E-state index < -0.39 is 16.9 Å². The summed E-state index contributed by atoms with van der Waals surface area (Å²) >= 11 is 0. The van der Waals surface area contributed by atoms with Gasteiger partial charge in [0.25, 0.3) is 5.69 Å². The topological polar surface area (TPSA) is 147 Å². The number of nitro groups is 1. The minimum absolute atomic E-state index is 0.0260. The van der Waals surface area contributed by atoms with Gasteiger partial charge < -0.3 is 10.2 Å². The van der Waals surface area contributed by atoms with Crippen molar-refractivity contribution in [1.29, 1.82) is 0 Å². The standard InChI is InChI=1S/C21H18N4O6/c26-20(27)18-5-1-3-15(22-18)12-24(11-14-7-9-17(10-8-14)25(30)31)13-16-4-2-6-19(23-16)21(28)29/h1-10H,11-13H2,(H,26,27)(H,28,29). The van der Waals surface area contributed by atoms with E-state index in [1.165, 1.54) is 24.3 Å². The van der Waals surface area contributed by atoms with Crippen LogP contribution in [0.1, 0.15) is 37.9 Å². The molecule has 0 spiro atoms. The van der Waals surface area contributed by atoms with Gasteiger partial charge in [-0.05, 0) is 29.8 Å². The number of aromatic carboxylic acids is 2. The summed E-state index contributed by atoms with van der Waals surface area (Å²) in [5, 5.41) is 29.2. The van der Waals surface area contributed by atoms with E-state index in [0.717, 1.165) is 5.56 Å². The van der Waals surface area contributed by atoms with Crippen molar-refractivity contribution >= 4 is 17.6 Å². The highest BCUT2D eigenvalue weighted by Crippen LogP contribution is 2.17. The van der Waals surface area contributed by atoms with Crippen LogP contribution in [0, 0.1) is 10.1 Å². The fourth-order valence-electron chi connectivity index (χ4n) is 2.98. The first-order chi connectivity index (χ1) is 14.8. The zero-order valence-electron chi connectivity index (χ0n) is 16.2. The molecular formula is C21H18N4O6. The first kappa shape index (κ1) is 21.5. The lowest BCUT2D eigenvalue weighted by Gasteiger charge is -2.22. The van der Waals surface area contributed by atoms with Crippen molar-refractivity contribution < 1.29 is 24.7 Å². The van der Waals surface area contributed by atoms with Gasteiger partial charge in [0.1, 0.15) is 11.4 Å². The molecule has 10 nitrogen and oxygen atoms in total. The lowest BCUT2D eigenvalue weighted by Crippen LogP contribution is -2.24. The quantitative estimate of drug-likeness (QED) is 0.392. The molecule has 2 N–H and O–H groups in total. The molecule has 0 saturated carbocycles. The Labute approximate surface area is 176 Å². The Hall–Kier alpha value is -4.18. The highest BCUT2D eigenvalue weighted by Gasteiger charge is 2.14. The van der Waals surface area contributed by atoms with Crippen molar-refractivity contribution in [2.24, 2.45) is 0 Å². The maximum absolute atomic E-state index is 11.2. The third-order valence-electron chi connectivity index (χ3n) is 4.38. The van der Waals surface area contributed by atoms with Crippen LogP contribution in [-0.4, -0.2) is 41.9 Å². The number of carboxylic acid groups (broad SMARTS) is 2. The normalized spacial score (nSPS) is 10.7. The van der Waals surface area contributed by atoms with E-state index in [0.29, 0.717) is 17.9 Å². The van der Waals surface area contributed by atoms with Crippen LogP contribution in [0.4, 0.5) is 5.69 Å². The Bertz CT molecular complexity index is 1060. The fourth-order valence-corrected chi connectivity index (χ4v) is 2.98. The predicted octanol–water partition coefficient (Wildman–Crippen LogP) is 2.98. The van der Waals surface area contributed by atoms with E-state index in [1.807, 2.05) is 4.90 Å². The second-order valence-corrected chi connectivity index (χ2v) is 6.71. The molecule has 0 saturated heterocycles. The molecule has 158 valence electrons. The fraction of sp³-hybridized carbons (Fsp3) is 0.143. The molecule has 0 aliphatic rings. The summed E-state index contributed by atoms with van der Waals surface area (Å²) in [7, 11) is 0. The summed E-state index contributed by atoms with van der Waals surface area (Å²) in [5.41, 5.74) is 1.61. The largest absolute Gasteiger partial charge is 0.477 e. The molecule has 3 aromatic rings. The Morgan fingerprint density at radius 2 is 1.29 bits per heavy atom. The molecule has 2 heterocycles. The SMILES string of the molecule is O=C(O)c1cccc(CN(Cc2ccc([N+](=O)[O-])cc2)Cc2cccc(C(=O)O)n2)n1. The van der Waals surface area contributed by atoms with Crippen molar-refractivity contribution in [3.63, 3.8) is 0 Å². The van der Waals surface area contributed by atoms with Crippen molar-refractivity contribution in [3.05, 3.63) is 99.1 Å². The number of rotatable bonds is 9. The Morgan fingerprint density at radius 1 is 0.806 bits per heavy atom. The first-order valence-corrected chi connectivity index (χ1v) is 9.16. The van der Waals surface area contributed by atoms with Crippen LogP contribution in [0.25, 0.3) is 0 Å². The first-order valence-electron chi connectivity index (χ1n) is 9.16. The molecule has 0 atom stereocenters. The van der Waals surface area contributed by atoms with Gasteiger partial charge in [-0.2, -0.15) is 0 Å². The summed E-state index contributed by atoms with van der Waals surface area (Å²) in [5.74, 6) is -2.28. The number of hydrogen-bond donors (Lipinski definition) is 2. The lowest BCUT2D eigenvalue weighted by molar-refractivity contribution is -0.384. The Kier molecular flexibility index (Phi) is 6.63. The van der Waals surface area contributed by atoms with Gasteiger partial charge in [-0.25, -0.2) is 19.6 Å². The number of nitro benzene ring substituents is 1. The molecule has 0 bridgehead atoms. The zero-order chi connectivity index (χ0) is 22.4. The summed E-state index contributed by atoms with van der Waals surface area (Å²) in [4.78, 5) is 43.0. The number of nitrogens with zero attached hydrogens (tertiary/aromatic N) is 4. The van der Waals surface area contributed by atoms with Gasteiger partial charge in [0.2, 0.25) is 0 Å². The molecule has 3 rings (SSSR count). The van der Waals surface area contributed by atoms with Crippen LogP contribution in [0.15, 0.2) is 60.7 Å². The molecule has 0 amide bonds. The van der Waals surface area contributed by atoms with E-state index >= 15 is 0 Å². The monoisotopic (exact) mass is 422 g/mol. The average molecular weight is 422 g/mol. The molecule has 0 aliphatic carbocycles. The molecule has 0 aliphatic heterocycles. The number of carbonyl (C=O) groups is 2. The molecule has 2 aromatic heterocycles. The molecule has 1 aromatic carbocycles. The van der Waals surface area contributed by atoms with Gasteiger partial charge in [-0.1, -0.05) is 24.3 Å². The molecule has 0 unspecified atom stereocenters. The molecule has 0 fully saturated rings. The Morgan fingerprint density at radius 3 is 1.71 bits per heavy atom. The number of benzene rings is 1. The number of non-ortho nitro benzene ring substituents is 1. The maximum atomic E-state index is 11.2. The minimum atomic E-state index is -1.14. The van der Waals surface area contributed by atoms with Crippen LogP contribution in [-0.2, 0) is 19.6 Å². The van der Waals surface area contributed by atoms with Crippen molar-refractivity contribution in [3.8, 4) is 0 Å². The predicted molar refractivity (Wildman–Crippen MR) is 108 cm³/mol. The molecule has 0 radical (unpaired) electrons. The summed E-state index contributed by atoms with van der Waals surface area (Å²) in [6.07, 6.45) is 0. The number of carboxylic acids is 2. The van der Waals surface area contributed by atoms with Gasteiger partial charge >= 0.3 is 11.9 Å². The van der Waals surface area contributed by atoms with Gasteiger partial charge in [0.05, 0.1) is 16.3 Å². The third-order valence-corrected chi connectivity index (χ3v) is 4.38. The molecule has 10 heteroatoms. The van der Waals surface area contributed by atoms with Crippen LogP contribution < -0.4 is 0 Å². The Balaban J connectivity index is 1.86. The average Bonchev–Trinajstić information content (AvgIpc) is 2.74. The highest BCUT2D eigenvalue weighted by molar-refractivity contribution is 5.85. The van der Waals surface area contributed by atoms with Gasteiger partial charge in [-0.3, -0.25) is 15.0 Å².